The number of rotatable bonds is 4. The molecule has 100 valence electrons. The van der Waals surface area contributed by atoms with Crippen molar-refractivity contribution in [3.05, 3.63) is 44.2 Å². The highest BCUT2D eigenvalue weighted by Crippen LogP contribution is 2.37. The summed E-state index contributed by atoms with van der Waals surface area (Å²) in [5.74, 6) is 0.216. The van der Waals surface area contributed by atoms with Crippen molar-refractivity contribution in [2.45, 2.75) is 26.7 Å². The van der Waals surface area contributed by atoms with E-state index in [1.807, 2.05) is 38.1 Å². The second kappa shape index (κ2) is 6.21. The van der Waals surface area contributed by atoms with Gasteiger partial charge in [-0.15, -0.1) is 11.3 Å². The van der Waals surface area contributed by atoms with E-state index in [1.54, 1.807) is 0 Å². The van der Waals surface area contributed by atoms with Crippen LogP contribution in [0.25, 0.3) is 10.4 Å². The first-order valence-corrected chi connectivity index (χ1v) is 8.10. The molecule has 0 saturated carbocycles. The zero-order valence-corrected chi connectivity index (χ0v) is 14.0. The van der Waals surface area contributed by atoms with Gasteiger partial charge in [0.15, 0.2) is 5.78 Å². The van der Waals surface area contributed by atoms with Gasteiger partial charge in [-0.2, -0.15) is 0 Å². The van der Waals surface area contributed by atoms with Gasteiger partial charge in [-0.25, -0.2) is 0 Å². The van der Waals surface area contributed by atoms with E-state index in [2.05, 4.69) is 15.9 Å². The normalized spacial score (nSPS) is 10.7. The molecule has 0 unspecified atom stereocenters. The van der Waals surface area contributed by atoms with Crippen LogP contribution < -0.4 is 0 Å². The first-order valence-electron chi connectivity index (χ1n) is 6.12. The van der Waals surface area contributed by atoms with Gasteiger partial charge in [0.05, 0.1) is 4.88 Å². The quantitative estimate of drug-likeness (QED) is 0.602. The molecule has 0 bridgehead atoms. The van der Waals surface area contributed by atoms with Gasteiger partial charge in [0.2, 0.25) is 0 Å². The smallest absolute Gasteiger partial charge is 0.172 e. The molecule has 1 heterocycles. The van der Waals surface area contributed by atoms with Gasteiger partial charge in [0.25, 0.3) is 0 Å². The summed E-state index contributed by atoms with van der Waals surface area (Å²) in [6, 6.07) is 7.84. The third kappa shape index (κ3) is 3.28. The number of ketones is 1. The minimum atomic E-state index is 0.216. The Morgan fingerprint density at radius 1 is 1.37 bits per heavy atom. The SMILES string of the molecule is CCCC(=O)c1ccc(-c2cc(Cl)c(C)cc2Br)s1. The van der Waals surface area contributed by atoms with Crippen molar-refractivity contribution in [2.75, 3.05) is 0 Å². The van der Waals surface area contributed by atoms with Gasteiger partial charge < -0.3 is 0 Å². The third-order valence-electron chi connectivity index (χ3n) is 2.87. The van der Waals surface area contributed by atoms with Crippen molar-refractivity contribution in [3.8, 4) is 10.4 Å². The average Bonchev–Trinajstić information content (AvgIpc) is 2.83. The Labute approximate surface area is 130 Å². The summed E-state index contributed by atoms with van der Waals surface area (Å²) in [7, 11) is 0. The van der Waals surface area contributed by atoms with E-state index in [0.717, 1.165) is 36.8 Å². The van der Waals surface area contributed by atoms with Crippen LogP contribution in [-0.4, -0.2) is 5.78 Å². The van der Waals surface area contributed by atoms with Crippen LogP contribution in [-0.2, 0) is 0 Å². The second-order valence-electron chi connectivity index (χ2n) is 4.42. The molecule has 1 aromatic carbocycles. The van der Waals surface area contributed by atoms with E-state index in [4.69, 9.17) is 11.6 Å². The predicted molar refractivity (Wildman–Crippen MR) is 86.4 cm³/mol. The second-order valence-corrected chi connectivity index (χ2v) is 6.76. The zero-order chi connectivity index (χ0) is 14.0. The summed E-state index contributed by atoms with van der Waals surface area (Å²) in [6.07, 6.45) is 1.49. The molecule has 0 aliphatic carbocycles. The molecule has 2 rings (SSSR count). The van der Waals surface area contributed by atoms with E-state index in [0.29, 0.717) is 6.42 Å². The monoisotopic (exact) mass is 356 g/mol. The summed E-state index contributed by atoms with van der Waals surface area (Å²) in [4.78, 5) is 13.8. The molecule has 2 aromatic rings. The number of benzene rings is 1. The van der Waals surface area contributed by atoms with E-state index in [-0.39, 0.29) is 5.78 Å². The van der Waals surface area contributed by atoms with Crippen molar-refractivity contribution < 1.29 is 4.79 Å². The fraction of sp³-hybridized carbons (Fsp3) is 0.267. The Bertz CT molecular complexity index is 619. The van der Waals surface area contributed by atoms with Crippen LogP contribution in [0.2, 0.25) is 5.02 Å². The predicted octanol–water partition coefficient (Wildman–Crippen LogP) is 6.12. The average molecular weight is 358 g/mol. The van der Waals surface area contributed by atoms with Crippen LogP contribution in [0.3, 0.4) is 0 Å². The van der Waals surface area contributed by atoms with E-state index in [9.17, 15) is 4.79 Å². The van der Waals surface area contributed by atoms with E-state index < -0.39 is 0 Å². The number of Topliss-reactive ketones (excluding diaryl/α,β-unsaturated/α-hetero) is 1. The Morgan fingerprint density at radius 3 is 2.79 bits per heavy atom. The fourth-order valence-electron chi connectivity index (χ4n) is 1.82. The number of hydrogen-bond acceptors (Lipinski definition) is 2. The highest BCUT2D eigenvalue weighted by atomic mass is 79.9. The molecule has 0 N–H and O–H groups in total. The Kier molecular flexibility index (Phi) is 4.82. The molecule has 0 fully saturated rings. The number of aryl methyl sites for hydroxylation is 1. The third-order valence-corrected chi connectivity index (χ3v) is 5.09. The lowest BCUT2D eigenvalue weighted by Gasteiger charge is -2.05. The van der Waals surface area contributed by atoms with Gasteiger partial charge in [-0.1, -0.05) is 34.5 Å². The summed E-state index contributed by atoms with van der Waals surface area (Å²) >= 11 is 11.3. The maximum atomic E-state index is 11.9. The zero-order valence-electron chi connectivity index (χ0n) is 10.8. The fourth-order valence-corrected chi connectivity index (χ4v) is 3.79. The maximum Gasteiger partial charge on any atom is 0.172 e. The molecule has 19 heavy (non-hydrogen) atoms. The number of thiophene rings is 1. The molecule has 4 heteroatoms. The molecule has 1 nitrogen and oxygen atoms in total. The summed E-state index contributed by atoms with van der Waals surface area (Å²) in [6.45, 7) is 3.99. The minimum Gasteiger partial charge on any atom is -0.293 e. The number of halogens is 2. The van der Waals surface area contributed by atoms with Gasteiger partial charge in [-0.3, -0.25) is 4.79 Å². The molecule has 1 aromatic heterocycles. The van der Waals surface area contributed by atoms with Crippen LogP contribution >= 0.6 is 38.9 Å². The standard InChI is InChI=1S/C15H14BrClOS/c1-3-4-13(18)15-6-5-14(19-15)10-8-12(17)9(2)7-11(10)16/h5-8H,3-4H2,1-2H3. The molecule has 0 radical (unpaired) electrons. The molecule has 0 amide bonds. The molecule has 0 saturated heterocycles. The van der Waals surface area contributed by atoms with Crippen molar-refractivity contribution in [1.82, 2.24) is 0 Å². The lowest BCUT2D eigenvalue weighted by molar-refractivity contribution is 0.0985. The van der Waals surface area contributed by atoms with Gasteiger partial charge in [0.1, 0.15) is 0 Å². The maximum absolute atomic E-state index is 11.9. The van der Waals surface area contributed by atoms with Crippen molar-refractivity contribution in [3.63, 3.8) is 0 Å². The minimum absolute atomic E-state index is 0.216. The lowest BCUT2D eigenvalue weighted by atomic mass is 10.1. The first-order chi connectivity index (χ1) is 9.02. The largest absolute Gasteiger partial charge is 0.293 e. The number of carbonyl (C=O) groups excluding carboxylic acids is 1. The van der Waals surface area contributed by atoms with Crippen molar-refractivity contribution in [2.24, 2.45) is 0 Å². The van der Waals surface area contributed by atoms with Crippen molar-refractivity contribution >= 4 is 44.7 Å². The Hall–Kier alpha value is -0.640. The Morgan fingerprint density at radius 2 is 2.11 bits per heavy atom. The van der Waals surface area contributed by atoms with Crippen LogP contribution in [0.15, 0.2) is 28.7 Å². The molecular weight excluding hydrogens is 344 g/mol. The number of hydrogen-bond donors (Lipinski definition) is 0. The molecular formula is C15H14BrClOS. The van der Waals surface area contributed by atoms with Crippen LogP contribution in [0.1, 0.15) is 35.0 Å². The number of carbonyl (C=O) groups is 1. The molecule has 0 spiro atoms. The van der Waals surface area contributed by atoms with Crippen LogP contribution in [0.4, 0.5) is 0 Å². The molecule has 0 aliphatic rings. The Balaban J connectivity index is 2.38. The van der Waals surface area contributed by atoms with Gasteiger partial charge in [0, 0.05) is 26.4 Å². The topological polar surface area (TPSA) is 17.1 Å². The highest BCUT2D eigenvalue weighted by Gasteiger charge is 2.12. The van der Waals surface area contributed by atoms with E-state index >= 15 is 0 Å². The van der Waals surface area contributed by atoms with Crippen LogP contribution in [0.5, 0.6) is 0 Å². The molecule has 0 aliphatic heterocycles. The van der Waals surface area contributed by atoms with Gasteiger partial charge in [-0.05, 0) is 43.2 Å². The first kappa shape index (κ1) is 14.8. The highest BCUT2D eigenvalue weighted by molar-refractivity contribution is 9.10. The summed E-state index contributed by atoms with van der Waals surface area (Å²) in [5.41, 5.74) is 2.08. The van der Waals surface area contributed by atoms with E-state index in [1.165, 1.54) is 11.3 Å². The summed E-state index contributed by atoms with van der Waals surface area (Å²) < 4.78 is 1.01. The van der Waals surface area contributed by atoms with Crippen molar-refractivity contribution in [1.29, 1.82) is 0 Å². The molecule has 0 atom stereocenters. The summed E-state index contributed by atoms with van der Waals surface area (Å²) in [5, 5.41) is 0.744. The van der Waals surface area contributed by atoms with Crippen LogP contribution in [0, 0.1) is 6.92 Å². The lowest BCUT2D eigenvalue weighted by Crippen LogP contribution is -1.93. The van der Waals surface area contributed by atoms with Gasteiger partial charge >= 0.3 is 0 Å².